The first-order valence-electron chi connectivity index (χ1n) is 7.48. The van der Waals surface area contributed by atoms with E-state index in [-0.39, 0.29) is 0 Å². The van der Waals surface area contributed by atoms with E-state index < -0.39 is 8.25 Å². The summed E-state index contributed by atoms with van der Waals surface area (Å²) in [5, 5.41) is 0. The van der Waals surface area contributed by atoms with Gasteiger partial charge in [0.2, 0.25) is 0 Å². The molecule has 0 aromatic rings. The highest BCUT2D eigenvalue weighted by Gasteiger charge is 2.10. The van der Waals surface area contributed by atoms with Crippen LogP contribution in [0.25, 0.3) is 0 Å². The molecular weight excluding hydrogens is 261 g/mol. The van der Waals surface area contributed by atoms with Crippen LogP contribution in [-0.4, -0.2) is 20.8 Å². The molecule has 116 valence electrons. The van der Waals surface area contributed by atoms with E-state index in [4.69, 9.17) is 5.73 Å². The Morgan fingerprint density at radius 3 is 1.42 bits per heavy atom. The summed E-state index contributed by atoms with van der Waals surface area (Å²) < 4.78 is 18.3. The van der Waals surface area contributed by atoms with Crippen molar-refractivity contribution in [2.24, 2.45) is 5.73 Å². The molecule has 0 aliphatic rings. The van der Waals surface area contributed by atoms with Gasteiger partial charge < -0.3 is 5.73 Å². The molecule has 5 heteroatoms. The van der Waals surface area contributed by atoms with Crippen molar-refractivity contribution < 1.29 is 13.6 Å². The minimum absolute atomic E-state index is 0.872. The van der Waals surface area contributed by atoms with E-state index in [0.29, 0.717) is 0 Å². The molecule has 0 bridgehead atoms. The average Bonchev–Trinajstić information content (AvgIpc) is 2.45. The quantitative estimate of drug-likeness (QED) is 0.415. The van der Waals surface area contributed by atoms with E-state index in [2.05, 4.69) is 16.0 Å². The molecular formula is C14H33NO3P+. The maximum Gasteiger partial charge on any atom is 0.696 e. The van der Waals surface area contributed by atoms with Crippen LogP contribution in [0.3, 0.4) is 0 Å². The fourth-order valence-electron chi connectivity index (χ4n) is 1.71. The number of nitrogens with two attached hydrogens (primary N) is 1. The van der Waals surface area contributed by atoms with Crippen LogP contribution >= 0.6 is 8.25 Å². The van der Waals surface area contributed by atoms with Crippen LogP contribution in [-0.2, 0) is 13.6 Å². The third-order valence-corrected chi connectivity index (χ3v) is 3.45. The highest BCUT2D eigenvalue weighted by molar-refractivity contribution is 7.33. The minimum atomic E-state index is -1.83. The third-order valence-electron chi connectivity index (χ3n) is 2.86. The second kappa shape index (κ2) is 20.3. The lowest BCUT2D eigenvalue weighted by Crippen LogP contribution is -1.97. The van der Waals surface area contributed by atoms with Gasteiger partial charge in [0.05, 0.1) is 14.2 Å². The number of hydrogen-bond donors (Lipinski definition) is 1. The highest BCUT2D eigenvalue weighted by atomic mass is 31.1. The largest absolute Gasteiger partial charge is 0.696 e. The number of rotatable bonds is 12. The van der Waals surface area contributed by atoms with Crippen molar-refractivity contribution in [3.63, 3.8) is 0 Å². The van der Waals surface area contributed by atoms with Crippen LogP contribution in [0.5, 0.6) is 0 Å². The molecule has 0 heterocycles. The van der Waals surface area contributed by atoms with Crippen LogP contribution in [0.15, 0.2) is 0 Å². The molecule has 0 unspecified atom stereocenters. The molecule has 0 atom stereocenters. The Bertz CT molecular complexity index is 164. The first kappa shape index (κ1) is 21.3. The Morgan fingerprint density at radius 1 is 0.789 bits per heavy atom. The average molecular weight is 294 g/mol. The lowest BCUT2D eigenvalue weighted by Gasteiger charge is -2.00. The van der Waals surface area contributed by atoms with Crippen molar-refractivity contribution in [1.29, 1.82) is 0 Å². The second-order valence-electron chi connectivity index (χ2n) is 4.56. The van der Waals surface area contributed by atoms with Crippen molar-refractivity contribution in [1.82, 2.24) is 0 Å². The topological polar surface area (TPSA) is 61.5 Å². The molecule has 0 rings (SSSR count). The van der Waals surface area contributed by atoms with Crippen LogP contribution in [0.1, 0.15) is 71.1 Å². The van der Waals surface area contributed by atoms with E-state index in [1.165, 1.54) is 78.4 Å². The molecule has 19 heavy (non-hydrogen) atoms. The van der Waals surface area contributed by atoms with Gasteiger partial charge in [0.25, 0.3) is 0 Å². The van der Waals surface area contributed by atoms with Gasteiger partial charge >= 0.3 is 8.25 Å². The van der Waals surface area contributed by atoms with Crippen molar-refractivity contribution >= 4 is 8.25 Å². The molecule has 2 N–H and O–H groups in total. The summed E-state index contributed by atoms with van der Waals surface area (Å²) >= 11 is 0. The Labute approximate surface area is 120 Å². The maximum atomic E-state index is 9.88. The molecule has 4 nitrogen and oxygen atoms in total. The van der Waals surface area contributed by atoms with Crippen molar-refractivity contribution in [2.75, 3.05) is 20.8 Å². The van der Waals surface area contributed by atoms with Crippen LogP contribution in [0, 0.1) is 0 Å². The monoisotopic (exact) mass is 294 g/mol. The smallest absolute Gasteiger partial charge is 0.330 e. The normalized spacial score (nSPS) is 9.89. The summed E-state index contributed by atoms with van der Waals surface area (Å²) in [7, 11) is 0.817. The highest BCUT2D eigenvalue weighted by Crippen LogP contribution is 2.18. The first-order chi connectivity index (χ1) is 9.22. The summed E-state index contributed by atoms with van der Waals surface area (Å²) in [4.78, 5) is 0. The summed E-state index contributed by atoms with van der Waals surface area (Å²) in [5.74, 6) is 0. The number of hydrogen-bond acceptors (Lipinski definition) is 4. The summed E-state index contributed by atoms with van der Waals surface area (Å²) in [6.07, 6.45) is 13.9. The standard InChI is InChI=1S/C12H27N.C2H6O3P/c1-2-3-4-5-6-7-8-9-10-11-12-13;1-4-6(3)5-2/h2-13H2,1H3;1-2H3/q;+1. The van der Waals surface area contributed by atoms with E-state index in [0.717, 1.165) is 6.54 Å². The molecule has 0 saturated heterocycles. The van der Waals surface area contributed by atoms with Gasteiger partial charge in [-0.1, -0.05) is 64.7 Å². The molecule has 0 aromatic carbocycles. The predicted octanol–water partition coefficient (Wildman–Crippen LogP) is 4.80. The molecule has 0 aliphatic heterocycles. The van der Waals surface area contributed by atoms with E-state index in [9.17, 15) is 4.57 Å². The van der Waals surface area contributed by atoms with E-state index in [1.807, 2.05) is 0 Å². The Hall–Kier alpha value is -0.0200. The van der Waals surface area contributed by atoms with E-state index in [1.54, 1.807) is 0 Å². The Morgan fingerprint density at radius 2 is 1.16 bits per heavy atom. The van der Waals surface area contributed by atoms with Crippen LogP contribution < -0.4 is 5.73 Å². The van der Waals surface area contributed by atoms with Crippen LogP contribution in [0.4, 0.5) is 0 Å². The van der Waals surface area contributed by atoms with Crippen molar-refractivity contribution in [3.8, 4) is 0 Å². The molecule has 0 aliphatic carbocycles. The van der Waals surface area contributed by atoms with Crippen molar-refractivity contribution in [2.45, 2.75) is 71.1 Å². The fraction of sp³-hybridized carbons (Fsp3) is 1.00. The SMILES string of the molecule is CCCCCCCCCCCCN.CO[P+](=O)OC. The van der Waals surface area contributed by atoms with Crippen LogP contribution in [0.2, 0.25) is 0 Å². The molecule has 0 amide bonds. The van der Waals surface area contributed by atoms with Gasteiger partial charge in [-0.05, 0) is 13.0 Å². The van der Waals surface area contributed by atoms with Gasteiger partial charge in [0.1, 0.15) is 0 Å². The van der Waals surface area contributed by atoms with E-state index >= 15 is 0 Å². The Balaban J connectivity index is 0. The molecule has 0 saturated carbocycles. The van der Waals surface area contributed by atoms with Gasteiger partial charge in [-0.2, -0.15) is 0 Å². The summed E-state index contributed by atoms with van der Waals surface area (Å²) in [6.45, 7) is 3.14. The summed E-state index contributed by atoms with van der Waals surface area (Å²) in [6, 6.07) is 0. The predicted molar refractivity (Wildman–Crippen MR) is 82.5 cm³/mol. The minimum Gasteiger partial charge on any atom is -0.330 e. The molecule has 0 radical (unpaired) electrons. The number of unbranched alkanes of at least 4 members (excludes halogenated alkanes) is 9. The van der Waals surface area contributed by atoms with Gasteiger partial charge in [0, 0.05) is 4.57 Å². The Kier molecular flexibility index (Phi) is 22.7. The van der Waals surface area contributed by atoms with Gasteiger partial charge in [-0.15, -0.1) is 9.05 Å². The fourth-order valence-corrected chi connectivity index (χ4v) is 1.86. The lowest BCUT2D eigenvalue weighted by molar-refractivity contribution is 0.302. The lowest BCUT2D eigenvalue weighted by atomic mass is 10.1. The second-order valence-corrected chi connectivity index (χ2v) is 5.74. The zero-order chi connectivity index (χ0) is 14.8. The zero-order valence-electron chi connectivity index (χ0n) is 13.0. The van der Waals surface area contributed by atoms with Gasteiger partial charge in [-0.3, -0.25) is 0 Å². The zero-order valence-corrected chi connectivity index (χ0v) is 13.9. The molecule has 0 aromatic heterocycles. The molecule has 0 fully saturated rings. The van der Waals surface area contributed by atoms with Crippen molar-refractivity contribution in [3.05, 3.63) is 0 Å². The third kappa shape index (κ3) is 23.5. The first-order valence-corrected chi connectivity index (χ1v) is 8.58. The maximum absolute atomic E-state index is 9.88. The van der Waals surface area contributed by atoms with Gasteiger partial charge in [0.15, 0.2) is 0 Å². The van der Waals surface area contributed by atoms with Gasteiger partial charge in [-0.25, -0.2) is 0 Å². The summed E-state index contributed by atoms with van der Waals surface area (Å²) in [5.41, 5.74) is 5.42. The molecule has 0 spiro atoms.